The van der Waals surface area contributed by atoms with Gasteiger partial charge in [0.2, 0.25) is 5.91 Å². The van der Waals surface area contributed by atoms with Crippen LogP contribution in [-0.4, -0.2) is 91.6 Å². The second-order valence-electron chi connectivity index (χ2n) is 7.23. The number of hydrogen-bond acceptors (Lipinski definition) is 4. The maximum atomic E-state index is 13.3. The average Bonchev–Trinajstić information content (AvgIpc) is 3.04. The van der Waals surface area contributed by atoms with Crippen molar-refractivity contribution in [2.45, 2.75) is 12.6 Å². The van der Waals surface area contributed by atoms with Crippen molar-refractivity contribution in [2.24, 2.45) is 0 Å². The summed E-state index contributed by atoms with van der Waals surface area (Å²) in [7, 11) is 7.11. The van der Waals surface area contributed by atoms with Crippen molar-refractivity contribution in [3.8, 4) is 0 Å². The van der Waals surface area contributed by atoms with E-state index in [0.29, 0.717) is 38.3 Å². The Kier molecular flexibility index (Phi) is 5.82. The largest absolute Gasteiger partial charge is 0.383 e. The van der Waals surface area contributed by atoms with Crippen LogP contribution in [0, 0.1) is 0 Å². The molecule has 0 saturated carbocycles. The number of hydrogen-bond donors (Lipinski definition) is 0. The van der Waals surface area contributed by atoms with E-state index in [1.807, 2.05) is 42.4 Å². The molecule has 1 atom stereocenters. The van der Waals surface area contributed by atoms with Gasteiger partial charge < -0.3 is 19.1 Å². The first kappa shape index (κ1) is 19.4. The zero-order chi connectivity index (χ0) is 19.6. The molecule has 0 aliphatic carbocycles. The van der Waals surface area contributed by atoms with Gasteiger partial charge in [-0.1, -0.05) is 18.2 Å². The van der Waals surface area contributed by atoms with E-state index in [0.717, 1.165) is 10.9 Å². The molecule has 3 rings (SSSR count). The van der Waals surface area contributed by atoms with Crippen molar-refractivity contribution in [1.82, 2.24) is 19.3 Å². The molecule has 1 unspecified atom stereocenters. The molecule has 2 aromatic rings. The molecule has 7 heteroatoms. The van der Waals surface area contributed by atoms with Crippen LogP contribution in [0.1, 0.15) is 10.4 Å². The zero-order valence-corrected chi connectivity index (χ0v) is 16.5. The molecule has 146 valence electrons. The van der Waals surface area contributed by atoms with Gasteiger partial charge in [-0.2, -0.15) is 0 Å². The fourth-order valence-electron chi connectivity index (χ4n) is 3.59. The molecule has 27 heavy (non-hydrogen) atoms. The highest BCUT2D eigenvalue weighted by Gasteiger charge is 2.34. The summed E-state index contributed by atoms with van der Waals surface area (Å²) in [6.07, 6.45) is 1.91. The molecule has 1 aromatic carbocycles. The van der Waals surface area contributed by atoms with Crippen LogP contribution in [0.2, 0.25) is 0 Å². The lowest BCUT2D eigenvalue weighted by atomic mass is 10.1. The molecular weight excluding hydrogens is 344 g/mol. The van der Waals surface area contributed by atoms with E-state index < -0.39 is 0 Å². The van der Waals surface area contributed by atoms with Crippen molar-refractivity contribution < 1.29 is 14.3 Å². The van der Waals surface area contributed by atoms with Gasteiger partial charge in [0.1, 0.15) is 6.04 Å². The highest BCUT2D eigenvalue weighted by atomic mass is 16.5. The van der Waals surface area contributed by atoms with Crippen LogP contribution in [0.3, 0.4) is 0 Å². The second kappa shape index (κ2) is 8.10. The summed E-state index contributed by atoms with van der Waals surface area (Å²) in [6, 6.07) is 7.61. The maximum absolute atomic E-state index is 13.3. The monoisotopic (exact) mass is 372 g/mol. The predicted molar refractivity (Wildman–Crippen MR) is 105 cm³/mol. The number of para-hydroxylation sites is 1. The maximum Gasteiger partial charge on any atom is 0.256 e. The van der Waals surface area contributed by atoms with Crippen LogP contribution in [0.5, 0.6) is 0 Å². The minimum absolute atomic E-state index is 0.0213. The van der Waals surface area contributed by atoms with Crippen molar-refractivity contribution >= 4 is 22.7 Å². The van der Waals surface area contributed by atoms with E-state index in [9.17, 15) is 9.59 Å². The highest BCUT2D eigenvalue weighted by molar-refractivity contribution is 6.07. The molecule has 0 radical (unpaired) electrons. The molecule has 0 spiro atoms. The Morgan fingerprint density at radius 3 is 2.67 bits per heavy atom. The number of amides is 2. The Hall–Kier alpha value is -2.38. The first-order valence-electron chi connectivity index (χ1n) is 9.21. The molecule has 1 aliphatic rings. The first-order valence-corrected chi connectivity index (χ1v) is 9.21. The van der Waals surface area contributed by atoms with Gasteiger partial charge in [0.05, 0.1) is 12.2 Å². The third-order valence-electron chi connectivity index (χ3n) is 5.22. The zero-order valence-electron chi connectivity index (χ0n) is 16.5. The summed E-state index contributed by atoms with van der Waals surface area (Å²) in [6.45, 7) is 2.97. The van der Waals surface area contributed by atoms with Gasteiger partial charge in [-0.15, -0.1) is 0 Å². The standard InChI is InChI=1S/C20H28N4O3/c1-21(2)20(26)18-14-24(10-9-22(18)3)19(25)16-13-23(11-12-27-4)17-8-6-5-7-15(16)17/h5-8,13,18H,9-12,14H2,1-4H3. The number of aromatic nitrogens is 1. The molecule has 2 heterocycles. The van der Waals surface area contributed by atoms with E-state index in [1.165, 1.54) is 0 Å². The quantitative estimate of drug-likeness (QED) is 0.790. The van der Waals surface area contributed by atoms with E-state index in [2.05, 4.69) is 4.57 Å². The average molecular weight is 372 g/mol. The van der Waals surface area contributed by atoms with Crippen LogP contribution in [-0.2, 0) is 16.1 Å². The number of likely N-dealkylation sites (N-methyl/N-ethyl adjacent to an activating group) is 2. The summed E-state index contributed by atoms with van der Waals surface area (Å²) >= 11 is 0. The van der Waals surface area contributed by atoms with Crippen molar-refractivity contribution in [1.29, 1.82) is 0 Å². The lowest BCUT2D eigenvalue weighted by Gasteiger charge is -2.39. The van der Waals surface area contributed by atoms with E-state index in [1.54, 1.807) is 31.0 Å². The van der Waals surface area contributed by atoms with Crippen LogP contribution in [0.15, 0.2) is 30.5 Å². The van der Waals surface area contributed by atoms with E-state index in [-0.39, 0.29) is 17.9 Å². The number of rotatable bonds is 5. The fraction of sp³-hybridized carbons (Fsp3) is 0.500. The summed E-state index contributed by atoms with van der Waals surface area (Å²) < 4.78 is 7.25. The van der Waals surface area contributed by atoms with Gasteiger partial charge in [-0.05, 0) is 13.1 Å². The first-order chi connectivity index (χ1) is 12.9. The van der Waals surface area contributed by atoms with Gasteiger partial charge in [0, 0.05) is 64.5 Å². The Bertz CT molecular complexity index is 830. The third-order valence-corrected chi connectivity index (χ3v) is 5.22. The Morgan fingerprint density at radius 1 is 1.22 bits per heavy atom. The van der Waals surface area contributed by atoms with Crippen molar-refractivity contribution in [2.75, 3.05) is 54.5 Å². The highest BCUT2D eigenvalue weighted by Crippen LogP contribution is 2.24. The fourth-order valence-corrected chi connectivity index (χ4v) is 3.59. The Labute approximate surface area is 160 Å². The molecular formula is C20H28N4O3. The van der Waals surface area contributed by atoms with Gasteiger partial charge in [0.15, 0.2) is 0 Å². The minimum atomic E-state index is -0.306. The van der Waals surface area contributed by atoms with Crippen LogP contribution in [0.25, 0.3) is 10.9 Å². The van der Waals surface area contributed by atoms with Gasteiger partial charge >= 0.3 is 0 Å². The number of fused-ring (bicyclic) bond motifs is 1. The van der Waals surface area contributed by atoms with Gasteiger partial charge in [-0.25, -0.2) is 0 Å². The lowest BCUT2D eigenvalue weighted by Crippen LogP contribution is -2.58. The second-order valence-corrected chi connectivity index (χ2v) is 7.23. The number of methoxy groups -OCH3 is 1. The molecule has 7 nitrogen and oxygen atoms in total. The number of benzene rings is 1. The smallest absolute Gasteiger partial charge is 0.256 e. The normalized spacial score (nSPS) is 18.1. The van der Waals surface area contributed by atoms with Gasteiger partial charge in [0.25, 0.3) is 5.91 Å². The molecule has 0 N–H and O–H groups in total. The molecule has 0 bridgehead atoms. The van der Waals surface area contributed by atoms with Crippen LogP contribution >= 0.6 is 0 Å². The number of nitrogens with zero attached hydrogens (tertiary/aromatic N) is 4. The molecule has 1 saturated heterocycles. The number of ether oxygens (including phenoxy) is 1. The van der Waals surface area contributed by atoms with Crippen LogP contribution in [0.4, 0.5) is 0 Å². The molecule has 2 amide bonds. The minimum Gasteiger partial charge on any atom is -0.383 e. The topological polar surface area (TPSA) is 58.0 Å². The summed E-state index contributed by atoms with van der Waals surface area (Å²) in [5.74, 6) is 0.00421. The lowest BCUT2D eigenvalue weighted by molar-refractivity contribution is -0.135. The summed E-state index contributed by atoms with van der Waals surface area (Å²) in [5, 5.41) is 0.938. The molecule has 1 aliphatic heterocycles. The Morgan fingerprint density at radius 2 is 1.96 bits per heavy atom. The van der Waals surface area contributed by atoms with E-state index in [4.69, 9.17) is 4.74 Å². The van der Waals surface area contributed by atoms with Crippen LogP contribution < -0.4 is 0 Å². The Balaban J connectivity index is 1.88. The van der Waals surface area contributed by atoms with Gasteiger partial charge in [-0.3, -0.25) is 14.5 Å². The van der Waals surface area contributed by atoms with Crippen molar-refractivity contribution in [3.05, 3.63) is 36.0 Å². The van der Waals surface area contributed by atoms with E-state index >= 15 is 0 Å². The summed E-state index contributed by atoms with van der Waals surface area (Å²) in [5.41, 5.74) is 1.70. The molecule has 1 fully saturated rings. The summed E-state index contributed by atoms with van der Waals surface area (Å²) in [4.78, 5) is 31.2. The number of carbonyl (C=O) groups is 2. The number of carbonyl (C=O) groups excluding carboxylic acids is 2. The number of piperazine rings is 1. The predicted octanol–water partition coefficient (Wildman–Crippen LogP) is 1.13. The third kappa shape index (κ3) is 3.84. The SMILES string of the molecule is COCCn1cc(C(=O)N2CCN(C)C(C(=O)N(C)C)C2)c2ccccc21. The molecule has 1 aromatic heterocycles. The van der Waals surface area contributed by atoms with Crippen molar-refractivity contribution in [3.63, 3.8) is 0 Å².